The molecule has 6 rings (SSSR count). The summed E-state index contributed by atoms with van der Waals surface area (Å²) in [5.41, 5.74) is 2.34. The SMILES string of the molecule is Cc1ccc(S(=O)(=O)OC[C@@H]2CCCN2S(=O)(=O)c2ccc3c(c2)C2(OCCCO2)C2=NCC(C)(C)CN23)cc1. The first-order valence-corrected chi connectivity index (χ1v) is 16.5. The largest absolute Gasteiger partial charge is 0.340 e. The molecule has 0 aromatic heterocycles. The number of sulfonamides is 1. The van der Waals surface area contributed by atoms with Gasteiger partial charge in [0.05, 0.1) is 41.3 Å². The second-order valence-corrected chi connectivity index (χ2v) is 15.2. The van der Waals surface area contributed by atoms with E-state index in [0.29, 0.717) is 50.5 Å². The number of rotatable bonds is 6. The zero-order chi connectivity index (χ0) is 28.3. The van der Waals surface area contributed by atoms with E-state index in [2.05, 4.69) is 18.7 Å². The predicted octanol–water partition coefficient (Wildman–Crippen LogP) is 3.40. The first kappa shape index (κ1) is 27.8. The number of nitrogens with zero attached hydrogens (tertiary/aromatic N) is 3. The molecule has 0 radical (unpaired) electrons. The van der Waals surface area contributed by atoms with Crippen molar-refractivity contribution in [1.82, 2.24) is 4.31 Å². The fourth-order valence-corrected chi connectivity index (χ4v) is 8.54. The topological polar surface area (TPSA) is 115 Å². The van der Waals surface area contributed by atoms with Crippen LogP contribution in [0.2, 0.25) is 0 Å². The molecule has 0 aliphatic carbocycles. The summed E-state index contributed by atoms with van der Waals surface area (Å²) in [5.74, 6) is -0.560. The van der Waals surface area contributed by atoms with Gasteiger partial charge in [0.15, 0.2) is 5.84 Å². The lowest BCUT2D eigenvalue weighted by atomic mass is 9.91. The van der Waals surface area contributed by atoms with Crippen LogP contribution in [0.25, 0.3) is 0 Å². The van der Waals surface area contributed by atoms with Crippen molar-refractivity contribution in [2.24, 2.45) is 10.4 Å². The van der Waals surface area contributed by atoms with Gasteiger partial charge in [0.25, 0.3) is 15.9 Å². The number of aryl methyl sites for hydroxylation is 1. The quantitative estimate of drug-likeness (QED) is 0.471. The van der Waals surface area contributed by atoms with Crippen LogP contribution < -0.4 is 4.90 Å². The number of amidine groups is 1. The summed E-state index contributed by atoms with van der Waals surface area (Å²) < 4.78 is 72.6. The molecular formula is C28H35N3O7S2. The summed E-state index contributed by atoms with van der Waals surface area (Å²) in [6.07, 6.45) is 1.86. The summed E-state index contributed by atoms with van der Waals surface area (Å²) in [6.45, 7) is 8.47. The maximum Gasteiger partial charge on any atom is 0.297 e. The van der Waals surface area contributed by atoms with E-state index in [1.807, 2.05) is 6.92 Å². The van der Waals surface area contributed by atoms with Crippen LogP contribution in [0.4, 0.5) is 5.69 Å². The number of ether oxygens (including phenoxy) is 2. The van der Waals surface area contributed by atoms with Crippen LogP contribution in [0.1, 0.15) is 44.2 Å². The molecule has 2 aromatic carbocycles. The molecule has 2 aromatic rings. The number of benzene rings is 2. The molecule has 2 saturated heterocycles. The number of fused-ring (bicyclic) bond motifs is 5. The van der Waals surface area contributed by atoms with E-state index < -0.39 is 32.0 Å². The van der Waals surface area contributed by atoms with E-state index in [4.69, 9.17) is 18.6 Å². The molecule has 0 saturated carbocycles. The van der Waals surface area contributed by atoms with Gasteiger partial charge in [-0.3, -0.25) is 9.18 Å². The molecule has 4 aliphatic rings. The molecule has 1 atom stereocenters. The number of hydrogen-bond acceptors (Lipinski definition) is 9. The van der Waals surface area contributed by atoms with Crippen molar-refractivity contribution in [3.05, 3.63) is 53.6 Å². The van der Waals surface area contributed by atoms with Gasteiger partial charge in [-0.05, 0) is 56.5 Å². The molecule has 0 bridgehead atoms. The molecule has 10 nitrogen and oxygen atoms in total. The molecule has 4 heterocycles. The second-order valence-electron chi connectivity index (χ2n) is 11.7. The van der Waals surface area contributed by atoms with Crippen molar-refractivity contribution in [2.75, 3.05) is 44.4 Å². The maximum atomic E-state index is 14.0. The molecular weight excluding hydrogens is 554 g/mol. The second kappa shape index (κ2) is 9.88. The van der Waals surface area contributed by atoms with Crippen LogP contribution in [0.3, 0.4) is 0 Å². The Bertz CT molecular complexity index is 1550. The normalized spacial score (nSPS) is 24.1. The van der Waals surface area contributed by atoms with Gasteiger partial charge in [0.2, 0.25) is 10.0 Å². The Morgan fingerprint density at radius 1 is 1.00 bits per heavy atom. The minimum absolute atomic E-state index is 0.0458. The molecule has 40 heavy (non-hydrogen) atoms. The first-order chi connectivity index (χ1) is 18.9. The lowest BCUT2D eigenvalue weighted by Gasteiger charge is -2.40. The lowest BCUT2D eigenvalue weighted by molar-refractivity contribution is -0.228. The highest BCUT2D eigenvalue weighted by molar-refractivity contribution is 7.89. The molecule has 12 heteroatoms. The fourth-order valence-electron chi connectivity index (χ4n) is 5.89. The third-order valence-corrected chi connectivity index (χ3v) is 11.2. The van der Waals surface area contributed by atoms with E-state index in [1.54, 1.807) is 30.3 Å². The number of hydrogen-bond donors (Lipinski definition) is 0. The van der Waals surface area contributed by atoms with Crippen LogP contribution in [-0.2, 0) is 39.6 Å². The Labute approximate surface area is 236 Å². The minimum Gasteiger partial charge on any atom is -0.340 e. The van der Waals surface area contributed by atoms with E-state index in [-0.39, 0.29) is 28.4 Å². The van der Waals surface area contributed by atoms with Gasteiger partial charge >= 0.3 is 0 Å². The highest BCUT2D eigenvalue weighted by Crippen LogP contribution is 2.49. The Balaban J connectivity index is 1.29. The van der Waals surface area contributed by atoms with Gasteiger partial charge in [0, 0.05) is 30.6 Å². The third-order valence-electron chi connectivity index (χ3n) is 7.96. The molecule has 2 fully saturated rings. The van der Waals surface area contributed by atoms with Crippen molar-refractivity contribution >= 4 is 31.7 Å². The van der Waals surface area contributed by atoms with Crippen LogP contribution in [0.5, 0.6) is 0 Å². The highest BCUT2D eigenvalue weighted by Gasteiger charge is 2.55. The zero-order valence-electron chi connectivity index (χ0n) is 23.0. The summed E-state index contributed by atoms with van der Waals surface area (Å²) in [6, 6.07) is 10.8. The Morgan fingerprint density at radius 3 is 2.42 bits per heavy atom. The van der Waals surface area contributed by atoms with E-state index in [1.165, 1.54) is 16.4 Å². The van der Waals surface area contributed by atoms with Gasteiger partial charge in [-0.15, -0.1) is 0 Å². The van der Waals surface area contributed by atoms with Crippen molar-refractivity contribution in [1.29, 1.82) is 0 Å². The van der Waals surface area contributed by atoms with Gasteiger partial charge in [0.1, 0.15) is 0 Å². The summed E-state index contributed by atoms with van der Waals surface area (Å²) in [7, 11) is -7.99. The molecule has 0 amide bonds. The van der Waals surface area contributed by atoms with Gasteiger partial charge in [-0.2, -0.15) is 12.7 Å². The van der Waals surface area contributed by atoms with Crippen LogP contribution in [0.15, 0.2) is 57.2 Å². The highest BCUT2D eigenvalue weighted by atomic mass is 32.2. The average molecular weight is 590 g/mol. The first-order valence-electron chi connectivity index (χ1n) is 13.7. The molecule has 0 unspecified atom stereocenters. The third kappa shape index (κ3) is 4.68. The van der Waals surface area contributed by atoms with E-state index in [0.717, 1.165) is 17.7 Å². The van der Waals surface area contributed by atoms with Crippen molar-refractivity contribution < 1.29 is 30.5 Å². The molecule has 4 aliphatic heterocycles. The number of anilines is 1. The summed E-state index contributed by atoms with van der Waals surface area (Å²) >= 11 is 0. The molecule has 0 N–H and O–H groups in total. The van der Waals surface area contributed by atoms with Gasteiger partial charge < -0.3 is 14.4 Å². The van der Waals surface area contributed by atoms with Gasteiger partial charge in [-0.25, -0.2) is 8.42 Å². The Kier molecular flexibility index (Phi) is 6.87. The summed E-state index contributed by atoms with van der Waals surface area (Å²) in [5, 5.41) is 0. The van der Waals surface area contributed by atoms with Crippen LogP contribution in [-0.4, -0.2) is 72.5 Å². The monoisotopic (exact) mass is 589 g/mol. The van der Waals surface area contributed by atoms with Crippen LogP contribution in [0, 0.1) is 12.3 Å². The Morgan fingerprint density at radius 2 is 1.70 bits per heavy atom. The summed E-state index contributed by atoms with van der Waals surface area (Å²) in [4.78, 5) is 7.09. The minimum atomic E-state index is -4.02. The van der Waals surface area contributed by atoms with Crippen LogP contribution >= 0.6 is 0 Å². The van der Waals surface area contributed by atoms with Gasteiger partial charge in [-0.1, -0.05) is 31.5 Å². The standard InChI is InChI=1S/C28H35N3O7S2/c1-20-7-9-22(10-8-20)40(34,35)38-17-21-6-4-13-31(21)39(32,33)23-11-12-25-24(16-23)28(36-14-5-15-37-28)26-29-18-27(2,3)19-30(25)26/h7-12,16,21H,4-6,13-15,17-19H2,1-3H3/t21-/m0/s1. The Hall–Kier alpha value is -2.35. The van der Waals surface area contributed by atoms with Crippen molar-refractivity contribution in [3.8, 4) is 0 Å². The average Bonchev–Trinajstić information content (AvgIpc) is 3.50. The van der Waals surface area contributed by atoms with E-state index >= 15 is 0 Å². The lowest BCUT2D eigenvalue weighted by Crippen LogP contribution is -2.52. The van der Waals surface area contributed by atoms with Crippen molar-refractivity contribution in [3.63, 3.8) is 0 Å². The van der Waals surface area contributed by atoms with Crippen molar-refractivity contribution in [2.45, 2.75) is 61.7 Å². The fraction of sp³-hybridized carbons (Fsp3) is 0.536. The maximum absolute atomic E-state index is 14.0. The van der Waals surface area contributed by atoms with E-state index in [9.17, 15) is 16.8 Å². The smallest absolute Gasteiger partial charge is 0.297 e. The molecule has 216 valence electrons. The molecule has 1 spiro atoms. The predicted molar refractivity (Wildman–Crippen MR) is 149 cm³/mol. The number of aliphatic imine (C=N–C) groups is 1. The zero-order valence-corrected chi connectivity index (χ0v) is 24.6.